The molecule has 3 rings (SSSR count). The van der Waals surface area contributed by atoms with Crippen LogP contribution < -0.4 is 0 Å². The van der Waals surface area contributed by atoms with Gasteiger partial charge in [-0.1, -0.05) is 44.8 Å². The van der Waals surface area contributed by atoms with Crippen LogP contribution in [0, 0.1) is 11.3 Å². The average Bonchev–Trinajstić information content (AvgIpc) is 2.84. The normalized spacial score (nSPS) is 10.7. The van der Waals surface area contributed by atoms with Crippen molar-refractivity contribution in [1.82, 2.24) is 5.16 Å². The van der Waals surface area contributed by atoms with Crippen molar-refractivity contribution in [3.05, 3.63) is 51.5 Å². The number of halogens is 2. The van der Waals surface area contributed by atoms with Crippen LogP contribution in [0.1, 0.15) is 5.56 Å². The molecule has 3 aromatic rings. The molecule has 0 N–H and O–H groups in total. The Labute approximate surface area is 128 Å². The lowest BCUT2D eigenvalue weighted by molar-refractivity contribution is 0.440. The van der Waals surface area contributed by atoms with Gasteiger partial charge in [-0.3, -0.25) is 0 Å². The highest BCUT2D eigenvalue weighted by Gasteiger charge is 2.15. The zero-order chi connectivity index (χ0) is 14.1. The molecule has 0 amide bonds. The predicted molar refractivity (Wildman–Crippen MR) is 81.5 cm³/mol. The van der Waals surface area contributed by atoms with Gasteiger partial charge < -0.3 is 4.52 Å². The maximum Gasteiger partial charge on any atom is 0.176 e. The Balaban J connectivity index is 2.23. The first-order chi connectivity index (χ1) is 9.70. The van der Waals surface area contributed by atoms with E-state index in [1.807, 2.05) is 36.4 Å². The van der Waals surface area contributed by atoms with E-state index < -0.39 is 0 Å². The monoisotopic (exact) mass is 346 g/mol. The van der Waals surface area contributed by atoms with Crippen molar-refractivity contribution < 1.29 is 4.52 Å². The van der Waals surface area contributed by atoms with E-state index in [-0.39, 0.29) is 0 Å². The second kappa shape index (κ2) is 5.28. The van der Waals surface area contributed by atoms with Gasteiger partial charge >= 0.3 is 0 Å². The lowest BCUT2D eigenvalue weighted by Gasteiger charge is -2.01. The summed E-state index contributed by atoms with van der Waals surface area (Å²) in [4.78, 5) is 0. The van der Waals surface area contributed by atoms with Gasteiger partial charge in [0.15, 0.2) is 5.76 Å². The molecule has 2 aromatic carbocycles. The summed E-state index contributed by atoms with van der Waals surface area (Å²) < 4.78 is 6.35. The van der Waals surface area contributed by atoms with Crippen LogP contribution in [0.25, 0.3) is 22.2 Å². The van der Waals surface area contributed by atoms with Crippen molar-refractivity contribution in [2.45, 2.75) is 6.42 Å². The Kier molecular flexibility index (Phi) is 3.47. The van der Waals surface area contributed by atoms with Crippen LogP contribution in [-0.2, 0) is 6.42 Å². The van der Waals surface area contributed by atoms with Gasteiger partial charge in [0.1, 0.15) is 5.52 Å². The fourth-order valence-corrected chi connectivity index (χ4v) is 2.88. The minimum Gasteiger partial charge on any atom is -0.355 e. The summed E-state index contributed by atoms with van der Waals surface area (Å²) in [5, 5.41) is 14.4. The third-order valence-corrected chi connectivity index (χ3v) is 3.84. The topological polar surface area (TPSA) is 49.8 Å². The summed E-state index contributed by atoms with van der Waals surface area (Å²) >= 11 is 9.63. The maximum absolute atomic E-state index is 8.84. The molecule has 0 radical (unpaired) electrons. The summed E-state index contributed by atoms with van der Waals surface area (Å²) in [5.41, 5.74) is 2.35. The summed E-state index contributed by atoms with van der Waals surface area (Å²) in [7, 11) is 0. The second-order valence-electron chi connectivity index (χ2n) is 4.28. The summed E-state index contributed by atoms with van der Waals surface area (Å²) in [5.74, 6) is 0.622. The molecule has 0 saturated carbocycles. The SMILES string of the molecule is N#CCc1cccc2c(-c3ccc(Br)cc3Cl)onc12. The first-order valence-corrected chi connectivity index (χ1v) is 7.07. The molecule has 0 saturated heterocycles. The Bertz CT molecular complexity index is 835. The molecule has 0 fully saturated rings. The third kappa shape index (κ3) is 2.20. The van der Waals surface area contributed by atoms with Crippen LogP contribution in [0.3, 0.4) is 0 Å². The zero-order valence-corrected chi connectivity index (χ0v) is 12.6. The van der Waals surface area contributed by atoms with Crippen molar-refractivity contribution in [3.63, 3.8) is 0 Å². The van der Waals surface area contributed by atoms with Gasteiger partial charge in [0.2, 0.25) is 0 Å². The molecule has 3 nitrogen and oxygen atoms in total. The third-order valence-electron chi connectivity index (χ3n) is 3.04. The van der Waals surface area contributed by atoms with Gasteiger partial charge in [-0.05, 0) is 29.8 Å². The molecule has 1 heterocycles. The van der Waals surface area contributed by atoms with Crippen LogP contribution in [0.5, 0.6) is 0 Å². The molecule has 0 unspecified atom stereocenters. The van der Waals surface area contributed by atoms with E-state index in [1.54, 1.807) is 0 Å². The molecule has 20 heavy (non-hydrogen) atoms. The van der Waals surface area contributed by atoms with Crippen LogP contribution in [0.15, 0.2) is 45.4 Å². The Morgan fingerprint density at radius 3 is 2.90 bits per heavy atom. The molecule has 0 aliphatic carbocycles. The number of rotatable bonds is 2. The summed E-state index contributed by atoms with van der Waals surface area (Å²) in [6.07, 6.45) is 0.303. The first-order valence-electron chi connectivity index (χ1n) is 5.90. The summed E-state index contributed by atoms with van der Waals surface area (Å²) in [6.45, 7) is 0. The first kappa shape index (κ1) is 13.2. The second-order valence-corrected chi connectivity index (χ2v) is 5.61. The van der Waals surface area contributed by atoms with Gasteiger partial charge in [0, 0.05) is 10.0 Å². The van der Waals surface area contributed by atoms with E-state index in [1.165, 1.54) is 0 Å². The number of hydrogen-bond donors (Lipinski definition) is 0. The number of nitrogens with zero attached hydrogens (tertiary/aromatic N) is 2. The fraction of sp³-hybridized carbons (Fsp3) is 0.0667. The number of hydrogen-bond acceptors (Lipinski definition) is 3. The molecule has 0 aliphatic heterocycles. The smallest absolute Gasteiger partial charge is 0.176 e. The van der Waals surface area contributed by atoms with E-state index in [4.69, 9.17) is 21.4 Å². The minimum atomic E-state index is 0.303. The van der Waals surface area contributed by atoms with Crippen LogP contribution in [0.2, 0.25) is 5.02 Å². The molecule has 5 heteroatoms. The number of aromatic nitrogens is 1. The maximum atomic E-state index is 8.84. The van der Waals surface area contributed by atoms with Gasteiger partial charge in [-0.15, -0.1) is 0 Å². The van der Waals surface area contributed by atoms with Crippen molar-refractivity contribution in [2.24, 2.45) is 0 Å². The molecular formula is C15H8BrClN2O. The molecule has 0 aliphatic rings. The number of nitriles is 1. The Morgan fingerprint density at radius 2 is 2.15 bits per heavy atom. The Hall–Kier alpha value is -1.83. The van der Waals surface area contributed by atoms with Gasteiger partial charge in [-0.2, -0.15) is 5.26 Å². The predicted octanol–water partition coefficient (Wildman–Crippen LogP) is 4.98. The van der Waals surface area contributed by atoms with Crippen molar-refractivity contribution >= 4 is 38.4 Å². The Morgan fingerprint density at radius 1 is 1.30 bits per heavy atom. The van der Waals surface area contributed by atoms with E-state index >= 15 is 0 Å². The largest absolute Gasteiger partial charge is 0.355 e. The lowest BCUT2D eigenvalue weighted by atomic mass is 10.0. The molecule has 0 atom stereocenters. The standard InChI is InChI=1S/C15H8BrClN2O/c16-10-4-5-11(13(17)8-10)15-12-3-1-2-9(6-7-18)14(12)19-20-15/h1-5,8H,6H2. The van der Waals surface area contributed by atoms with Crippen LogP contribution in [0.4, 0.5) is 0 Å². The van der Waals surface area contributed by atoms with E-state index in [2.05, 4.69) is 27.2 Å². The number of fused-ring (bicyclic) bond motifs is 1. The lowest BCUT2D eigenvalue weighted by Crippen LogP contribution is -1.83. The van der Waals surface area contributed by atoms with E-state index in [9.17, 15) is 0 Å². The van der Waals surface area contributed by atoms with Crippen LogP contribution in [-0.4, -0.2) is 5.16 Å². The van der Waals surface area contributed by atoms with Gasteiger partial charge in [0.05, 0.1) is 22.9 Å². The van der Waals surface area contributed by atoms with Gasteiger partial charge in [0.25, 0.3) is 0 Å². The van der Waals surface area contributed by atoms with E-state index in [0.717, 1.165) is 21.0 Å². The highest BCUT2D eigenvalue weighted by molar-refractivity contribution is 9.10. The summed E-state index contributed by atoms with van der Waals surface area (Å²) in [6, 6.07) is 13.4. The minimum absolute atomic E-state index is 0.303. The molecule has 0 spiro atoms. The number of benzene rings is 2. The van der Waals surface area contributed by atoms with Crippen molar-refractivity contribution in [1.29, 1.82) is 5.26 Å². The molecular weight excluding hydrogens is 340 g/mol. The van der Waals surface area contributed by atoms with E-state index in [0.29, 0.717) is 22.7 Å². The highest BCUT2D eigenvalue weighted by Crippen LogP contribution is 2.35. The van der Waals surface area contributed by atoms with Crippen LogP contribution >= 0.6 is 27.5 Å². The van der Waals surface area contributed by atoms with Crippen molar-refractivity contribution in [3.8, 4) is 17.4 Å². The fourth-order valence-electron chi connectivity index (χ4n) is 2.12. The zero-order valence-electron chi connectivity index (χ0n) is 10.2. The quantitative estimate of drug-likeness (QED) is 0.657. The molecule has 0 bridgehead atoms. The molecule has 98 valence electrons. The van der Waals surface area contributed by atoms with Gasteiger partial charge in [-0.25, -0.2) is 0 Å². The van der Waals surface area contributed by atoms with Crippen molar-refractivity contribution in [2.75, 3.05) is 0 Å². The highest BCUT2D eigenvalue weighted by atomic mass is 79.9. The molecule has 1 aromatic heterocycles. The average molecular weight is 348 g/mol.